The number of aromatic nitrogens is 1. The first kappa shape index (κ1) is 11.4. The fraction of sp³-hybridized carbons (Fsp3) is 0.231. The predicted molar refractivity (Wildman–Crippen MR) is 65.4 cm³/mol. The van der Waals surface area contributed by atoms with E-state index in [1.165, 1.54) is 0 Å². The summed E-state index contributed by atoms with van der Waals surface area (Å²) in [4.78, 5) is 0. The van der Waals surface area contributed by atoms with Gasteiger partial charge in [0.05, 0.1) is 27.0 Å². The van der Waals surface area contributed by atoms with Crippen LogP contribution in [-0.4, -0.2) is 25.9 Å². The van der Waals surface area contributed by atoms with Crippen molar-refractivity contribution in [2.24, 2.45) is 0 Å². The molecule has 0 N–H and O–H groups in total. The molecular weight excluding hydrogens is 218 g/mol. The van der Waals surface area contributed by atoms with Crippen molar-refractivity contribution in [3.63, 3.8) is 0 Å². The van der Waals surface area contributed by atoms with E-state index in [1.54, 1.807) is 21.3 Å². The molecular formula is C13H15NO3. The molecule has 0 aliphatic heterocycles. The normalized spacial score (nSPS) is 10.1. The number of hydrogen-bond acceptors (Lipinski definition) is 3. The van der Waals surface area contributed by atoms with Crippen LogP contribution < -0.4 is 14.2 Å². The highest BCUT2D eigenvalue weighted by atomic mass is 16.5. The highest BCUT2D eigenvalue weighted by molar-refractivity contribution is 5.58. The van der Waals surface area contributed by atoms with Crippen LogP contribution >= 0.6 is 0 Å². The molecule has 0 saturated heterocycles. The molecule has 1 aromatic heterocycles. The molecule has 17 heavy (non-hydrogen) atoms. The lowest BCUT2D eigenvalue weighted by Gasteiger charge is -2.14. The van der Waals surface area contributed by atoms with Crippen molar-refractivity contribution in [3.8, 4) is 22.9 Å². The molecule has 0 unspecified atom stereocenters. The molecule has 0 aliphatic rings. The Morgan fingerprint density at radius 3 is 1.76 bits per heavy atom. The molecule has 0 radical (unpaired) electrons. The van der Waals surface area contributed by atoms with E-state index in [0.717, 1.165) is 5.69 Å². The van der Waals surface area contributed by atoms with E-state index >= 15 is 0 Å². The zero-order valence-electron chi connectivity index (χ0n) is 10.1. The van der Waals surface area contributed by atoms with Crippen LogP contribution in [0.15, 0.2) is 36.7 Å². The first-order valence-corrected chi connectivity index (χ1v) is 5.23. The molecule has 4 heteroatoms. The number of ether oxygens (including phenoxy) is 3. The number of methoxy groups -OCH3 is 3. The molecule has 0 spiro atoms. The van der Waals surface area contributed by atoms with Gasteiger partial charge in [-0.25, -0.2) is 0 Å². The minimum absolute atomic E-state index is 0.603. The first-order chi connectivity index (χ1) is 8.30. The molecule has 0 amide bonds. The lowest BCUT2D eigenvalue weighted by Crippen LogP contribution is -1.98. The maximum Gasteiger partial charge on any atom is 0.203 e. The van der Waals surface area contributed by atoms with Crippen LogP contribution in [0.25, 0.3) is 5.69 Å². The zero-order chi connectivity index (χ0) is 12.3. The van der Waals surface area contributed by atoms with Crippen molar-refractivity contribution < 1.29 is 14.2 Å². The van der Waals surface area contributed by atoms with Gasteiger partial charge in [0.15, 0.2) is 11.5 Å². The van der Waals surface area contributed by atoms with Gasteiger partial charge < -0.3 is 18.8 Å². The predicted octanol–water partition coefficient (Wildman–Crippen LogP) is 2.50. The summed E-state index contributed by atoms with van der Waals surface area (Å²) in [6, 6.07) is 7.73. The van der Waals surface area contributed by atoms with E-state index in [9.17, 15) is 0 Å². The molecule has 4 nitrogen and oxygen atoms in total. The highest BCUT2D eigenvalue weighted by Gasteiger charge is 2.13. The van der Waals surface area contributed by atoms with Gasteiger partial charge in [-0.3, -0.25) is 0 Å². The molecule has 2 rings (SSSR count). The Kier molecular flexibility index (Phi) is 3.23. The van der Waals surface area contributed by atoms with E-state index in [0.29, 0.717) is 17.2 Å². The van der Waals surface area contributed by atoms with Crippen molar-refractivity contribution >= 4 is 0 Å². The van der Waals surface area contributed by atoms with Gasteiger partial charge >= 0.3 is 0 Å². The summed E-state index contributed by atoms with van der Waals surface area (Å²) >= 11 is 0. The molecule has 2 aromatic rings. The summed E-state index contributed by atoms with van der Waals surface area (Å²) in [5, 5.41) is 0. The summed E-state index contributed by atoms with van der Waals surface area (Å²) in [7, 11) is 4.81. The molecule has 1 heterocycles. The summed E-state index contributed by atoms with van der Waals surface area (Å²) in [6.07, 6.45) is 3.92. The Bertz CT molecular complexity index is 466. The fourth-order valence-corrected chi connectivity index (χ4v) is 1.72. The quantitative estimate of drug-likeness (QED) is 0.813. The summed E-state index contributed by atoms with van der Waals surface area (Å²) in [6.45, 7) is 0. The van der Waals surface area contributed by atoms with Gasteiger partial charge in [0.1, 0.15) is 0 Å². The molecule has 0 aliphatic carbocycles. The second-order valence-corrected chi connectivity index (χ2v) is 3.47. The summed E-state index contributed by atoms with van der Waals surface area (Å²) < 4.78 is 17.8. The third-order valence-corrected chi connectivity index (χ3v) is 2.55. The maximum absolute atomic E-state index is 5.30. The zero-order valence-corrected chi connectivity index (χ0v) is 10.1. The number of hydrogen-bond donors (Lipinski definition) is 0. The van der Waals surface area contributed by atoms with Gasteiger partial charge in [-0.1, -0.05) is 0 Å². The third-order valence-electron chi connectivity index (χ3n) is 2.55. The van der Waals surface area contributed by atoms with Gasteiger partial charge in [-0.15, -0.1) is 0 Å². The molecule has 90 valence electrons. The standard InChI is InChI=1S/C13H15NO3/c1-15-11-8-10(14-6-4-5-7-14)9-12(16-2)13(11)17-3/h4-9H,1-3H3. The van der Waals surface area contributed by atoms with E-state index in [2.05, 4.69) is 0 Å². The van der Waals surface area contributed by atoms with Gasteiger partial charge in [0, 0.05) is 24.5 Å². The van der Waals surface area contributed by atoms with Crippen LogP contribution in [0.3, 0.4) is 0 Å². The summed E-state index contributed by atoms with van der Waals surface area (Å²) in [5.41, 5.74) is 0.963. The third kappa shape index (κ3) is 2.06. The lowest BCUT2D eigenvalue weighted by molar-refractivity contribution is 0.324. The van der Waals surface area contributed by atoms with Crippen molar-refractivity contribution in [1.29, 1.82) is 0 Å². The average molecular weight is 233 g/mol. The summed E-state index contributed by atoms with van der Waals surface area (Å²) in [5.74, 6) is 1.90. The smallest absolute Gasteiger partial charge is 0.203 e. The Balaban J connectivity index is 2.56. The minimum Gasteiger partial charge on any atom is -0.493 e. The molecule has 0 bridgehead atoms. The molecule has 0 atom stereocenters. The fourth-order valence-electron chi connectivity index (χ4n) is 1.72. The second-order valence-electron chi connectivity index (χ2n) is 3.47. The number of rotatable bonds is 4. The maximum atomic E-state index is 5.30. The van der Waals surface area contributed by atoms with Gasteiger partial charge in [-0.2, -0.15) is 0 Å². The van der Waals surface area contributed by atoms with Crippen LogP contribution in [0.1, 0.15) is 0 Å². The SMILES string of the molecule is COc1cc(-n2cccc2)cc(OC)c1OC. The lowest BCUT2D eigenvalue weighted by atomic mass is 10.2. The number of nitrogens with zero attached hydrogens (tertiary/aromatic N) is 1. The van der Waals surface area contributed by atoms with Crippen molar-refractivity contribution in [1.82, 2.24) is 4.57 Å². The van der Waals surface area contributed by atoms with E-state index < -0.39 is 0 Å². The van der Waals surface area contributed by atoms with Crippen molar-refractivity contribution in [2.75, 3.05) is 21.3 Å². The Labute approximate surface area is 100 Å². The van der Waals surface area contributed by atoms with Crippen molar-refractivity contribution in [3.05, 3.63) is 36.7 Å². The monoisotopic (exact) mass is 233 g/mol. The Morgan fingerprint density at radius 1 is 0.824 bits per heavy atom. The van der Waals surface area contributed by atoms with Crippen LogP contribution in [0.5, 0.6) is 17.2 Å². The second kappa shape index (κ2) is 4.82. The van der Waals surface area contributed by atoms with E-state index in [1.807, 2.05) is 41.2 Å². The van der Waals surface area contributed by atoms with Gasteiger partial charge in [0.25, 0.3) is 0 Å². The van der Waals surface area contributed by atoms with Crippen LogP contribution in [0, 0.1) is 0 Å². The molecule has 0 fully saturated rings. The average Bonchev–Trinajstić information content (AvgIpc) is 2.90. The van der Waals surface area contributed by atoms with Crippen LogP contribution in [0.2, 0.25) is 0 Å². The minimum atomic E-state index is 0.603. The number of benzene rings is 1. The van der Waals surface area contributed by atoms with Crippen molar-refractivity contribution in [2.45, 2.75) is 0 Å². The van der Waals surface area contributed by atoms with Gasteiger partial charge in [-0.05, 0) is 12.1 Å². The Hall–Kier alpha value is -2.10. The molecule has 1 aromatic carbocycles. The Morgan fingerprint density at radius 2 is 1.35 bits per heavy atom. The molecule has 0 saturated carbocycles. The van der Waals surface area contributed by atoms with E-state index in [-0.39, 0.29) is 0 Å². The first-order valence-electron chi connectivity index (χ1n) is 5.23. The highest BCUT2D eigenvalue weighted by Crippen LogP contribution is 2.39. The van der Waals surface area contributed by atoms with Gasteiger partial charge in [0.2, 0.25) is 5.75 Å². The van der Waals surface area contributed by atoms with Crippen LogP contribution in [0.4, 0.5) is 0 Å². The van der Waals surface area contributed by atoms with Crippen LogP contribution in [-0.2, 0) is 0 Å². The largest absolute Gasteiger partial charge is 0.493 e. The topological polar surface area (TPSA) is 32.6 Å². The van der Waals surface area contributed by atoms with E-state index in [4.69, 9.17) is 14.2 Å².